The quantitative estimate of drug-likeness (QED) is 0.775. The predicted molar refractivity (Wildman–Crippen MR) is 94.9 cm³/mol. The van der Waals surface area contributed by atoms with Crippen molar-refractivity contribution in [2.75, 3.05) is 6.54 Å². The van der Waals surface area contributed by atoms with Gasteiger partial charge in [0, 0.05) is 18.2 Å². The third kappa shape index (κ3) is 2.92. The van der Waals surface area contributed by atoms with E-state index in [0.29, 0.717) is 18.9 Å². The van der Waals surface area contributed by atoms with Crippen LogP contribution in [-0.2, 0) is 17.6 Å². The van der Waals surface area contributed by atoms with Crippen LogP contribution in [0.3, 0.4) is 0 Å². The van der Waals surface area contributed by atoms with E-state index in [1.165, 1.54) is 11.1 Å². The Morgan fingerprint density at radius 2 is 2.08 bits per heavy atom. The van der Waals surface area contributed by atoms with Crippen molar-refractivity contribution in [1.29, 1.82) is 0 Å². The molecule has 4 rings (SSSR count). The summed E-state index contributed by atoms with van der Waals surface area (Å²) >= 11 is 0. The van der Waals surface area contributed by atoms with Gasteiger partial charge >= 0.3 is 0 Å². The van der Waals surface area contributed by atoms with E-state index in [1.54, 1.807) is 6.33 Å². The third-order valence-corrected chi connectivity index (χ3v) is 4.89. The van der Waals surface area contributed by atoms with Gasteiger partial charge in [-0.2, -0.15) is 0 Å². The number of amides is 1. The molecule has 0 saturated heterocycles. The number of aryl methyl sites for hydroxylation is 1. The first kappa shape index (κ1) is 14.9. The Morgan fingerprint density at radius 3 is 3.04 bits per heavy atom. The second kappa shape index (κ2) is 6.48. The number of carbonyl (C=O) groups is 1. The van der Waals surface area contributed by atoms with Gasteiger partial charge in [-0.15, -0.1) is 0 Å². The first-order valence-corrected chi connectivity index (χ1v) is 8.57. The number of H-pyrrole nitrogens is 1. The Bertz CT molecular complexity index is 863. The van der Waals surface area contributed by atoms with E-state index in [2.05, 4.69) is 33.5 Å². The Labute approximate surface area is 141 Å². The maximum atomic E-state index is 12.4. The summed E-state index contributed by atoms with van der Waals surface area (Å²) in [5, 5.41) is 5.44. The summed E-state index contributed by atoms with van der Waals surface area (Å²) in [5.41, 5.74) is 3.44. The molecular weight excluding hydrogens is 298 g/mol. The monoisotopic (exact) mass is 319 g/mol. The van der Waals surface area contributed by atoms with Crippen LogP contribution in [-0.4, -0.2) is 22.4 Å². The fourth-order valence-corrected chi connectivity index (χ4v) is 3.66. The van der Waals surface area contributed by atoms with Crippen LogP contribution in [0, 0.1) is 0 Å². The van der Waals surface area contributed by atoms with E-state index in [1.807, 2.05) is 24.3 Å². The molecule has 0 fully saturated rings. The Balaban J connectivity index is 1.43. The van der Waals surface area contributed by atoms with Crippen molar-refractivity contribution < 1.29 is 4.79 Å². The Hall–Kier alpha value is -2.62. The van der Waals surface area contributed by atoms with Crippen LogP contribution < -0.4 is 5.32 Å². The topological polar surface area (TPSA) is 57.8 Å². The summed E-state index contributed by atoms with van der Waals surface area (Å²) in [4.78, 5) is 20.1. The molecule has 0 bridgehead atoms. The van der Waals surface area contributed by atoms with Gasteiger partial charge in [-0.1, -0.05) is 42.5 Å². The summed E-state index contributed by atoms with van der Waals surface area (Å²) < 4.78 is 0. The van der Waals surface area contributed by atoms with E-state index < -0.39 is 0 Å². The van der Waals surface area contributed by atoms with Gasteiger partial charge in [0.15, 0.2) is 0 Å². The van der Waals surface area contributed by atoms with Crippen LogP contribution in [0.15, 0.2) is 48.8 Å². The molecule has 24 heavy (non-hydrogen) atoms. The fraction of sp³-hybridized carbons (Fsp3) is 0.300. The minimum absolute atomic E-state index is 0.0778. The molecule has 0 radical (unpaired) electrons. The van der Waals surface area contributed by atoms with Crippen molar-refractivity contribution in [3.8, 4) is 0 Å². The van der Waals surface area contributed by atoms with Gasteiger partial charge in [-0.25, -0.2) is 4.98 Å². The molecule has 2 N–H and O–H groups in total. The number of rotatable bonds is 4. The van der Waals surface area contributed by atoms with Gasteiger partial charge in [0.2, 0.25) is 5.91 Å². The lowest BCUT2D eigenvalue weighted by Gasteiger charge is -2.21. The van der Waals surface area contributed by atoms with Crippen LogP contribution in [0.5, 0.6) is 0 Å². The summed E-state index contributed by atoms with van der Waals surface area (Å²) in [5.74, 6) is 0.408. The lowest BCUT2D eigenvalue weighted by Crippen LogP contribution is -2.31. The SMILES string of the molecule is O=C(Cc1cccc2ccccc12)NCC1CCCc2[nH]cnc21. The van der Waals surface area contributed by atoms with Crippen LogP contribution in [0.2, 0.25) is 0 Å². The molecule has 0 spiro atoms. The van der Waals surface area contributed by atoms with E-state index in [9.17, 15) is 4.79 Å². The first-order valence-electron chi connectivity index (χ1n) is 8.57. The molecule has 1 unspecified atom stereocenters. The van der Waals surface area contributed by atoms with Gasteiger partial charge in [-0.05, 0) is 35.6 Å². The number of carbonyl (C=O) groups excluding carboxylic acids is 1. The summed E-state index contributed by atoms with van der Waals surface area (Å²) in [6.07, 6.45) is 5.49. The minimum Gasteiger partial charge on any atom is -0.355 e. The van der Waals surface area contributed by atoms with Crippen LogP contribution in [0.25, 0.3) is 10.8 Å². The largest absolute Gasteiger partial charge is 0.355 e. The average molecular weight is 319 g/mol. The molecular formula is C20H21N3O. The second-order valence-corrected chi connectivity index (χ2v) is 6.47. The molecule has 3 aromatic rings. The normalized spacial score (nSPS) is 16.8. The van der Waals surface area contributed by atoms with Crippen LogP contribution in [0.4, 0.5) is 0 Å². The van der Waals surface area contributed by atoms with Gasteiger partial charge in [0.25, 0.3) is 0 Å². The molecule has 2 aromatic carbocycles. The summed E-state index contributed by atoms with van der Waals surface area (Å²) in [6.45, 7) is 0.668. The van der Waals surface area contributed by atoms with Crippen molar-refractivity contribution in [1.82, 2.24) is 15.3 Å². The lowest BCUT2D eigenvalue weighted by molar-refractivity contribution is -0.120. The van der Waals surface area contributed by atoms with Crippen LogP contribution in [0.1, 0.15) is 35.7 Å². The molecule has 1 amide bonds. The standard InChI is InChI=1S/C20H21N3O/c24-19(11-15-7-3-6-14-5-1-2-9-17(14)15)21-12-16-8-4-10-18-20(16)23-13-22-18/h1-3,5-7,9,13,16H,4,8,10-12H2,(H,21,24)(H,22,23). The molecule has 0 aliphatic heterocycles. The van der Waals surface area contributed by atoms with Crippen molar-refractivity contribution in [2.24, 2.45) is 0 Å². The molecule has 1 heterocycles. The number of nitrogens with one attached hydrogen (secondary N) is 2. The van der Waals surface area contributed by atoms with E-state index >= 15 is 0 Å². The zero-order valence-electron chi connectivity index (χ0n) is 13.6. The molecule has 1 aromatic heterocycles. The van der Waals surface area contributed by atoms with Crippen LogP contribution >= 0.6 is 0 Å². The van der Waals surface area contributed by atoms with Crippen molar-refractivity contribution in [3.05, 3.63) is 65.7 Å². The van der Waals surface area contributed by atoms with E-state index in [-0.39, 0.29) is 5.91 Å². The van der Waals surface area contributed by atoms with Crippen molar-refractivity contribution in [3.63, 3.8) is 0 Å². The third-order valence-electron chi connectivity index (χ3n) is 4.89. The molecule has 1 aliphatic rings. The van der Waals surface area contributed by atoms with E-state index in [0.717, 1.165) is 35.9 Å². The number of imidazole rings is 1. The molecule has 4 heteroatoms. The Kier molecular flexibility index (Phi) is 4.03. The van der Waals surface area contributed by atoms with Gasteiger partial charge in [0.05, 0.1) is 18.4 Å². The van der Waals surface area contributed by atoms with Gasteiger partial charge in [0.1, 0.15) is 0 Å². The predicted octanol–water partition coefficient (Wildman–Crippen LogP) is 3.34. The zero-order chi connectivity index (χ0) is 16.4. The maximum absolute atomic E-state index is 12.4. The molecule has 4 nitrogen and oxygen atoms in total. The highest BCUT2D eigenvalue weighted by Crippen LogP contribution is 2.28. The number of aromatic amines is 1. The molecule has 1 atom stereocenters. The molecule has 1 aliphatic carbocycles. The van der Waals surface area contributed by atoms with E-state index in [4.69, 9.17) is 0 Å². The van der Waals surface area contributed by atoms with Crippen molar-refractivity contribution >= 4 is 16.7 Å². The summed E-state index contributed by atoms with van der Waals surface area (Å²) in [7, 11) is 0. The number of hydrogen-bond acceptors (Lipinski definition) is 2. The highest BCUT2D eigenvalue weighted by molar-refractivity contribution is 5.90. The number of aromatic nitrogens is 2. The number of fused-ring (bicyclic) bond motifs is 2. The fourth-order valence-electron chi connectivity index (χ4n) is 3.66. The molecule has 122 valence electrons. The smallest absolute Gasteiger partial charge is 0.224 e. The molecule has 0 saturated carbocycles. The Morgan fingerprint density at radius 1 is 1.21 bits per heavy atom. The number of benzene rings is 2. The highest BCUT2D eigenvalue weighted by atomic mass is 16.1. The zero-order valence-corrected chi connectivity index (χ0v) is 13.6. The van der Waals surface area contributed by atoms with Crippen molar-refractivity contribution in [2.45, 2.75) is 31.6 Å². The summed E-state index contributed by atoms with van der Waals surface area (Å²) in [6, 6.07) is 14.3. The maximum Gasteiger partial charge on any atom is 0.224 e. The minimum atomic E-state index is 0.0778. The van der Waals surface area contributed by atoms with Gasteiger partial charge in [-0.3, -0.25) is 4.79 Å². The number of nitrogens with zero attached hydrogens (tertiary/aromatic N) is 1. The highest BCUT2D eigenvalue weighted by Gasteiger charge is 2.23. The number of hydrogen-bond donors (Lipinski definition) is 2. The first-order chi connectivity index (χ1) is 11.8. The lowest BCUT2D eigenvalue weighted by atomic mass is 9.90. The average Bonchev–Trinajstić information content (AvgIpc) is 3.09. The van der Waals surface area contributed by atoms with Gasteiger partial charge < -0.3 is 10.3 Å². The second-order valence-electron chi connectivity index (χ2n) is 6.47.